The third-order valence-electron chi connectivity index (χ3n) is 4.69. The average Bonchev–Trinajstić information content (AvgIpc) is 3.01. The normalized spacial score (nSPS) is 16.3. The molecule has 0 saturated heterocycles. The molecule has 0 atom stereocenters. The van der Waals surface area contributed by atoms with Gasteiger partial charge in [-0.1, -0.05) is 37.1 Å². The number of nitrogens with one attached hydrogen (secondary N) is 1. The fourth-order valence-electron chi connectivity index (χ4n) is 3.31. The first kappa shape index (κ1) is 16.8. The van der Waals surface area contributed by atoms with E-state index in [4.69, 9.17) is 10.5 Å². The van der Waals surface area contributed by atoms with Gasteiger partial charge in [0, 0.05) is 17.8 Å². The van der Waals surface area contributed by atoms with Crippen LogP contribution >= 0.6 is 0 Å². The molecule has 0 spiro atoms. The van der Waals surface area contributed by atoms with Gasteiger partial charge in [-0.2, -0.15) is 0 Å². The molecule has 24 heavy (non-hydrogen) atoms. The SMILES string of the molecule is CC(C)Oc1ccc(-c2ccc(NCC3(N)CCCC3)cc2)cc1. The molecule has 0 heterocycles. The molecule has 3 N–H and O–H groups in total. The van der Waals surface area contributed by atoms with Crippen LogP contribution in [0.2, 0.25) is 0 Å². The predicted molar refractivity (Wildman–Crippen MR) is 102 cm³/mol. The predicted octanol–water partition coefficient (Wildman–Crippen LogP) is 4.82. The summed E-state index contributed by atoms with van der Waals surface area (Å²) in [6, 6.07) is 16.8. The van der Waals surface area contributed by atoms with E-state index in [0.29, 0.717) is 0 Å². The number of nitrogens with two attached hydrogens (primary N) is 1. The highest BCUT2D eigenvalue weighted by Crippen LogP contribution is 2.28. The minimum Gasteiger partial charge on any atom is -0.491 e. The molecule has 2 aromatic rings. The summed E-state index contributed by atoms with van der Waals surface area (Å²) in [5.41, 5.74) is 9.92. The minimum atomic E-state index is -0.0229. The summed E-state index contributed by atoms with van der Waals surface area (Å²) in [5.74, 6) is 0.914. The van der Waals surface area contributed by atoms with Crippen molar-refractivity contribution in [2.24, 2.45) is 5.73 Å². The number of anilines is 1. The number of rotatable bonds is 6. The monoisotopic (exact) mass is 324 g/mol. The third-order valence-corrected chi connectivity index (χ3v) is 4.69. The fraction of sp³-hybridized carbons (Fsp3) is 0.429. The van der Waals surface area contributed by atoms with Crippen LogP contribution < -0.4 is 15.8 Å². The molecular weight excluding hydrogens is 296 g/mol. The van der Waals surface area contributed by atoms with Crippen LogP contribution in [-0.4, -0.2) is 18.2 Å². The molecule has 0 aromatic heterocycles. The second kappa shape index (κ2) is 7.27. The molecule has 3 heteroatoms. The average molecular weight is 324 g/mol. The molecule has 3 nitrogen and oxygen atoms in total. The van der Waals surface area contributed by atoms with Crippen molar-refractivity contribution in [2.45, 2.75) is 51.2 Å². The van der Waals surface area contributed by atoms with E-state index in [9.17, 15) is 0 Å². The van der Waals surface area contributed by atoms with Crippen molar-refractivity contribution in [3.8, 4) is 16.9 Å². The van der Waals surface area contributed by atoms with E-state index in [1.165, 1.54) is 24.0 Å². The Bertz CT molecular complexity index is 641. The van der Waals surface area contributed by atoms with Crippen LogP contribution in [0, 0.1) is 0 Å². The number of ether oxygens (including phenoxy) is 1. The maximum absolute atomic E-state index is 6.40. The van der Waals surface area contributed by atoms with Crippen molar-refractivity contribution >= 4 is 5.69 Å². The molecule has 2 aromatic carbocycles. The smallest absolute Gasteiger partial charge is 0.119 e. The summed E-state index contributed by atoms with van der Waals surface area (Å²) >= 11 is 0. The van der Waals surface area contributed by atoms with Gasteiger partial charge in [-0.3, -0.25) is 0 Å². The maximum Gasteiger partial charge on any atom is 0.119 e. The summed E-state index contributed by atoms with van der Waals surface area (Å²) in [4.78, 5) is 0. The summed E-state index contributed by atoms with van der Waals surface area (Å²) in [7, 11) is 0. The van der Waals surface area contributed by atoms with E-state index in [1.54, 1.807) is 0 Å². The Balaban J connectivity index is 1.61. The van der Waals surface area contributed by atoms with Crippen molar-refractivity contribution in [1.82, 2.24) is 0 Å². The second-order valence-corrected chi connectivity index (χ2v) is 7.19. The summed E-state index contributed by atoms with van der Waals surface area (Å²) in [6.45, 7) is 4.93. The molecule has 1 aliphatic rings. The van der Waals surface area contributed by atoms with Gasteiger partial charge in [-0.15, -0.1) is 0 Å². The zero-order valence-corrected chi connectivity index (χ0v) is 14.7. The van der Waals surface area contributed by atoms with E-state index in [0.717, 1.165) is 30.8 Å². The molecule has 1 aliphatic carbocycles. The number of benzene rings is 2. The summed E-state index contributed by atoms with van der Waals surface area (Å²) < 4.78 is 5.69. The molecule has 1 fully saturated rings. The summed E-state index contributed by atoms with van der Waals surface area (Å²) in [6.07, 6.45) is 4.97. The molecule has 128 valence electrons. The van der Waals surface area contributed by atoms with Crippen LogP contribution in [0.25, 0.3) is 11.1 Å². The molecule has 0 amide bonds. The first-order valence-corrected chi connectivity index (χ1v) is 8.94. The topological polar surface area (TPSA) is 47.3 Å². The Kier molecular flexibility index (Phi) is 5.10. The van der Waals surface area contributed by atoms with E-state index >= 15 is 0 Å². The molecule has 3 rings (SSSR count). The zero-order valence-electron chi connectivity index (χ0n) is 14.7. The highest BCUT2D eigenvalue weighted by atomic mass is 16.5. The Morgan fingerprint density at radius 3 is 2.04 bits per heavy atom. The Morgan fingerprint density at radius 1 is 0.958 bits per heavy atom. The van der Waals surface area contributed by atoms with Crippen molar-refractivity contribution in [1.29, 1.82) is 0 Å². The minimum absolute atomic E-state index is 0.0229. The van der Waals surface area contributed by atoms with E-state index in [1.807, 2.05) is 26.0 Å². The molecule has 0 radical (unpaired) electrons. The van der Waals surface area contributed by atoms with E-state index < -0.39 is 0 Å². The fourth-order valence-corrected chi connectivity index (χ4v) is 3.31. The summed E-state index contributed by atoms with van der Waals surface area (Å²) in [5, 5.41) is 3.49. The maximum atomic E-state index is 6.40. The van der Waals surface area contributed by atoms with Crippen LogP contribution in [0.3, 0.4) is 0 Å². The van der Waals surface area contributed by atoms with Crippen molar-refractivity contribution in [2.75, 3.05) is 11.9 Å². The zero-order chi connectivity index (χ0) is 17.0. The first-order valence-electron chi connectivity index (χ1n) is 8.94. The highest BCUT2D eigenvalue weighted by Gasteiger charge is 2.28. The van der Waals surface area contributed by atoms with Crippen molar-refractivity contribution in [3.05, 3.63) is 48.5 Å². The quantitative estimate of drug-likeness (QED) is 0.800. The Hall–Kier alpha value is -2.00. The molecule has 0 unspecified atom stereocenters. The lowest BCUT2D eigenvalue weighted by atomic mass is 9.99. The largest absolute Gasteiger partial charge is 0.491 e. The molecular formula is C21H28N2O. The van der Waals surface area contributed by atoms with Gasteiger partial charge in [0.25, 0.3) is 0 Å². The number of hydrogen-bond acceptors (Lipinski definition) is 3. The van der Waals surface area contributed by atoms with Gasteiger partial charge >= 0.3 is 0 Å². The lowest BCUT2D eigenvalue weighted by molar-refractivity contribution is 0.242. The lowest BCUT2D eigenvalue weighted by Crippen LogP contribution is -2.43. The van der Waals surface area contributed by atoms with E-state index in [2.05, 4.69) is 41.7 Å². The number of hydrogen-bond donors (Lipinski definition) is 2. The highest BCUT2D eigenvalue weighted by molar-refractivity contribution is 5.66. The van der Waals surface area contributed by atoms with Crippen molar-refractivity contribution < 1.29 is 4.74 Å². The lowest BCUT2D eigenvalue weighted by Gasteiger charge is -2.24. The van der Waals surface area contributed by atoms with Crippen LogP contribution in [0.4, 0.5) is 5.69 Å². The molecule has 1 saturated carbocycles. The first-order chi connectivity index (χ1) is 11.5. The van der Waals surface area contributed by atoms with Gasteiger partial charge in [0.05, 0.1) is 6.10 Å². The van der Waals surface area contributed by atoms with Crippen LogP contribution in [0.5, 0.6) is 5.75 Å². The third kappa shape index (κ3) is 4.30. The van der Waals surface area contributed by atoms with Crippen LogP contribution in [0.15, 0.2) is 48.5 Å². The van der Waals surface area contributed by atoms with Gasteiger partial charge in [-0.25, -0.2) is 0 Å². The standard InChI is InChI=1S/C21H28N2O/c1-16(2)24-20-11-7-18(8-12-20)17-5-9-19(10-6-17)23-15-21(22)13-3-4-14-21/h5-12,16,23H,3-4,13-15,22H2,1-2H3. The Morgan fingerprint density at radius 2 is 1.50 bits per heavy atom. The second-order valence-electron chi connectivity index (χ2n) is 7.19. The van der Waals surface area contributed by atoms with Gasteiger partial charge in [0.15, 0.2) is 0 Å². The van der Waals surface area contributed by atoms with E-state index in [-0.39, 0.29) is 11.6 Å². The van der Waals surface area contributed by atoms with Gasteiger partial charge < -0.3 is 15.8 Å². The van der Waals surface area contributed by atoms with Gasteiger partial charge in [0.2, 0.25) is 0 Å². The van der Waals surface area contributed by atoms with Gasteiger partial charge in [-0.05, 0) is 62.1 Å². The van der Waals surface area contributed by atoms with Crippen LogP contribution in [-0.2, 0) is 0 Å². The van der Waals surface area contributed by atoms with Crippen LogP contribution in [0.1, 0.15) is 39.5 Å². The molecule has 0 aliphatic heterocycles. The van der Waals surface area contributed by atoms with Crippen molar-refractivity contribution in [3.63, 3.8) is 0 Å². The molecule has 0 bridgehead atoms. The van der Waals surface area contributed by atoms with Gasteiger partial charge in [0.1, 0.15) is 5.75 Å². The Labute approximate surface area is 145 Å².